The average molecular weight is 202 g/mol. The fraction of sp³-hybridized carbons (Fsp3) is 0.667. The van der Waals surface area contributed by atoms with Crippen molar-refractivity contribution in [1.29, 1.82) is 0 Å². The summed E-state index contributed by atoms with van der Waals surface area (Å²) >= 11 is 0. The highest BCUT2D eigenvalue weighted by molar-refractivity contribution is 5.95. The van der Waals surface area contributed by atoms with Gasteiger partial charge in [0.25, 0.3) is 0 Å². The Bertz CT molecular complexity index is 221. The minimum atomic E-state index is -0.936. The number of carbonyl (C=O) groups excluding carboxylic acids is 2. The standard InChI is InChI=1S/C9H14O5/c1-2-14-9(13)6-7(10)4-3-5-8(11)12/h2-6H2,1H3,(H,11,12). The largest absolute Gasteiger partial charge is 0.481 e. The minimum absolute atomic E-state index is 0.0471. The number of ketones is 1. The van der Waals surface area contributed by atoms with Crippen LogP contribution in [0.1, 0.15) is 32.6 Å². The SMILES string of the molecule is CCOC(=O)CC(=O)CCCC(=O)O. The monoisotopic (exact) mass is 202 g/mol. The lowest BCUT2D eigenvalue weighted by Gasteiger charge is -2.00. The van der Waals surface area contributed by atoms with Gasteiger partial charge in [0.2, 0.25) is 0 Å². The fourth-order valence-electron chi connectivity index (χ4n) is 0.898. The van der Waals surface area contributed by atoms with Gasteiger partial charge in [-0.1, -0.05) is 0 Å². The molecule has 0 saturated heterocycles. The molecular formula is C9H14O5. The zero-order valence-electron chi connectivity index (χ0n) is 8.12. The molecule has 0 bridgehead atoms. The predicted molar refractivity (Wildman–Crippen MR) is 47.7 cm³/mol. The molecule has 0 unspecified atom stereocenters. The van der Waals surface area contributed by atoms with Gasteiger partial charge < -0.3 is 9.84 Å². The van der Waals surface area contributed by atoms with Crippen LogP contribution in [0, 0.1) is 0 Å². The molecule has 0 radical (unpaired) electrons. The average Bonchev–Trinajstić information content (AvgIpc) is 2.03. The molecule has 0 aliphatic carbocycles. The molecule has 0 aromatic heterocycles. The number of aliphatic carboxylic acids is 1. The van der Waals surface area contributed by atoms with Gasteiger partial charge in [-0.05, 0) is 13.3 Å². The Balaban J connectivity index is 3.55. The first-order valence-electron chi connectivity index (χ1n) is 4.45. The van der Waals surface area contributed by atoms with Crippen LogP contribution >= 0.6 is 0 Å². The lowest BCUT2D eigenvalue weighted by Crippen LogP contribution is -2.11. The second kappa shape index (κ2) is 7.06. The highest BCUT2D eigenvalue weighted by atomic mass is 16.5. The summed E-state index contributed by atoms with van der Waals surface area (Å²) in [7, 11) is 0. The molecule has 0 aliphatic rings. The zero-order chi connectivity index (χ0) is 11.0. The first kappa shape index (κ1) is 12.6. The number of hydrogen-bond acceptors (Lipinski definition) is 4. The van der Waals surface area contributed by atoms with Crippen LogP contribution in [0.3, 0.4) is 0 Å². The number of Topliss-reactive ketones (excluding diaryl/α,β-unsaturated/α-hetero) is 1. The van der Waals surface area contributed by atoms with Crippen LogP contribution < -0.4 is 0 Å². The second-order valence-electron chi connectivity index (χ2n) is 2.77. The minimum Gasteiger partial charge on any atom is -0.481 e. The molecule has 5 nitrogen and oxygen atoms in total. The predicted octanol–water partition coefficient (Wildman–Crippen LogP) is 0.764. The summed E-state index contributed by atoms with van der Waals surface area (Å²) in [5, 5.41) is 8.29. The van der Waals surface area contributed by atoms with E-state index in [0.717, 1.165) is 0 Å². The van der Waals surface area contributed by atoms with Crippen molar-refractivity contribution < 1.29 is 24.2 Å². The number of rotatable bonds is 7. The molecule has 0 atom stereocenters. The van der Waals surface area contributed by atoms with Gasteiger partial charge in [0.15, 0.2) is 0 Å². The Hall–Kier alpha value is -1.39. The van der Waals surface area contributed by atoms with Gasteiger partial charge in [-0.15, -0.1) is 0 Å². The van der Waals surface area contributed by atoms with Crippen molar-refractivity contribution in [2.75, 3.05) is 6.61 Å². The molecule has 0 spiro atoms. The van der Waals surface area contributed by atoms with Crippen LogP contribution in [0.4, 0.5) is 0 Å². The van der Waals surface area contributed by atoms with Crippen LogP contribution in [0.25, 0.3) is 0 Å². The zero-order valence-corrected chi connectivity index (χ0v) is 8.12. The van der Waals surface area contributed by atoms with E-state index in [1.54, 1.807) is 6.92 Å². The van der Waals surface area contributed by atoms with E-state index in [0.29, 0.717) is 0 Å². The second-order valence-corrected chi connectivity index (χ2v) is 2.77. The lowest BCUT2D eigenvalue weighted by atomic mass is 10.1. The summed E-state index contributed by atoms with van der Waals surface area (Å²) in [5.74, 6) is -1.76. The molecular weight excluding hydrogens is 188 g/mol. The van der Waals surface area contributed by atoms with Crippen LogP contribution in [-0.2, 0) is 19.1 Å². The quantitative estimate of drug-likeness (QED) is 0.487. The van der Waals surface area contributed by atoms with E-state index in [1.807, 2.05) is 0 Å². The summed E-state index contributed by atoms with van der Waals surface area (Å²) in [6.45, 7) is 1.91. The molecule has 14 heavy (non-hydrogen) atoms. The van der Waals surface area contributed by atoms with E-state index in [4.69, 9.17) is 5.11 Å². The highest BCUT2D eigenvalue weighted by Crippen LogP contribution is 2.00. The first-order valence-corrected chi connectivity index (χ1v) is 4.45. The summed E-state index contributed by atoms with van der Waals surface area (Å²) in [5.41, 5.74) is 0. The van der Waals surface area contributed by atoms with Crippen LogP contribution in [-0.4, -0.2) is 29.4 Å². The number of carboxylic acid groups (broad SMARTS) is 1. The van der Waals surface area contributed by atoms with Crippen molar-refractivity contribution >= 4 is 17.7 Å². The maximum Gasteiger partial charge on any atom is 0.313 e. The molecule has 0 rings (SSSR count). The van der Waals surface area contributed by atoms with Gasteiger partial charge in [0.05, 0.1) is 6.61 Å². The van der Waals surface area contributed by atoms with Gasteiger partial charge in [0.1, 0.15) is 12.2 Å². The molecule has 0 heterocycles. The van der Waals surface area contributed by atoms with E-state index < -0.39 is 11.9 Å². The third kappa shape index (κ3) is 7.27. The van der Waals surface area contributed by atoms with Gasteiger partial charge in [-0.25, -0.2) is 0 Å². The maximum absolute atomic E-state index is 11.0. The Morgan fingerprint density at radius 2 is 1.86 bits per heavy atom. The van der Waals surface area contributed by atoms with E-state index in [9.17, 15) is 14.4 Å². The van der Waals surface area contributed by atoms with Crippen molar-refractivity contribution in [1.82, 2.24) is 0 Å². The molecule has 0 aromatic rings. The Morgan fingerprint density at radius 1 is 1.21 bits per heavy atom. The molecule has 1 N–H and O–H groups in total. The third-order valence-corrected chi connectivity index (χ3v) is 1.49. The summed E-state index contributed by atoms with van der Waals surface area (Å²) < 4.78 is 4.56. The van der Waals surface area contributed by atoms with Gasteiger partial charge >= 0.3 is 11.9 Å². The first-order chi connectivity index (χ1) is 6.56. The Kier molecular flexibility index (Phi) is 6.36. The Morgan fingerprint density at radius 3 is 2.36 bits per heavy atom. The number of carbonyl (C=O) groups is 3. The van der Waals surface area contributed by atoms with Gasteiger partial charge in [-0.3, -0.25) is 14.4 Å². The van der Waals surface area contributed by atoms with Gasteiger partial charge in [0, 0.05) is 12.8 Å². The van der Waals surface area contributed by atoms with E-state index in [1.165, 1.54) is 0 Å². The molecule has 80 valence electrons. The number of carboxylic acids is 1. The van der Waals surface area contributed by atoms with Crippen molar-refractivity contribution in [3.05, 3.63) is 0 Å². The smallest absolute Gasteiger partial charge is 0.313 e. The summed E-state index contributed by atoms with van der Waals surface area (Å²) in [6.07, 6.45) is 0.0840. The van der Waals surface area contributed by atoms with Crippen molar-refractivity contribution in [3.8, 4) is 0 Å². The topological polar surface area (TPSA) is 80.7 Å². The van der Waals surface area contributed by atoms with E-state index >= 15 is 0 Å². The summed E-state index contributed by atoms with van der Waals surface area (Å²) in [6, 6.07) is 0. The van der Waals surface area contributed by atoms with Crippen LogP contribution in [0.5, 0.6) is 0 Å². The van der Waals surface area contributed by atoms with E-state index in [2.05, 4.69) is 4.74 Å². The lowest BCUT2D eigenvalue weighted by molar-refractivity contribution is -0.145. The molecule has 0 aliphatic heterocycles. The fourth-order valence-corrected chi connectivity index (χ4v) is 0.898. The normalized spacial score (nSPS) is 9.50. The molecule has 0 amide bonds. The third-order valence-electron chi connectivity index (χ3n) is 1.49. The van der Waals surface area contributed by atoms with Crippen molar-refractivity contribution in [2.24, 2.45) is 0 Å². The molecule has 0 saturated carbocycles. The van der Waals surface area contributed by atoms with Crippen LogP contribution in [0.2, 0.25) is 0 Å². The van der Waals surface area contributed by atoms with Gasteiger partial charge in [-0.2, -0.15) is 0 Å². The van der Waals surface area contributed by atoms with E-state index in [-0.39, 0.29) is 38.1 Å². The maximum atomic E-state index is 11.0. The number of esters is 1. The van der Waals surface area contributed by atoms with Crippen LogP contribution in [0.15, 0.2) is 0 Å². The number of ether oxygens (including phenoxy) is 1. The molecule has 0 aromatic carbocycles. The summed E-state index contributed by atoms with van der Waals surface area (Å²) in [4.78, 5) is 31.9. The Labute approximate surface area is 82.1 Å². The van der Waals surface area contributed by atoms with Crippen molar-refractivity contribution in [3.63, 3.8) is 0 Å². The van der Waals surface area contributed by atoms with Crippen molar-refractivity contribution in [2.45, 2.75) is 32.6 Å². The number of hydrogen-bond donors (Lipinski definition) is 1. The molecule has 5 heteroatoms. The molecule has 0 fully saturated rings. The highest BCUT2D eigenvalue weighted by Gasteiger charge is 2.10.